The zero-order chi connectivity index (χ0) is 11.3. The number of nitrogens with two attached hydrogens (primary N) is 2. The van der Waals surface area contributed by atoms with E-state index in [0.717, 1.165) is 13.1 Å². The van der Waals surface area contributed by atoms with Crippen LogP contribution in [-0.4, -0.2) is 43.8 Å². The molecular weight excluding hydrogens is 196 g/mol. The summed E-state index contributed by atoms with van der Waals surface area (Å²) in [5, 5.41) is 12.6. The highest BCUT2D eigenvalue weighted by atomic mass is 16.5. The van der Waals surface area contributed by atoms with Gasteiger partial charge in [-0.05, 0) is 6.92 Å². The van der Waals surface area contributed by atoms with Crippen molar-refractivity contribution < 1.29 is 4.74 Å². The Labute approximate surface area is 88.8 Å². The zero-order valence-corrected chi connectivity index (χ0v) is 8.79. The highest BCUT2D eigenvalue weighted by molar-refractivity contribution is 5.95. The van der Waals surface area contributed by atoms with Gasteiger partial charge in [0.1, 0.15) is 0 Å². The van der Waals surface area contributed by atoms with E-state index in [0.29, 0.717) is 6.61 Å². The number of nitrogens with one attached hydrogen (secondary N) is 3. The Kier molecular flexibility index (Phi) is 4.32. The van der Waals surface area contributed by atoms with Crippen molar-refractivity contribution in [3.63, 3.8) is 0 Å². The van der Waals surface area contributed by atoms with Crippen LogP contribution in [0.1, 0.15) is 6.92 Å². The van der Waals surface area contributed by atoms with E-state index in [1.807, 2.05) is 6.92 Å². The topological polar surface area (TPSA) is 122 Å². The van der Waals surface area contributed by atoms with Gasteiger partial charge < -0.3 is 21.5 Å². The molecule has 0 radical (unpaired) electrons. The van der Waals surface area contributed by atoms with Gasteiger partial charge in [0.15, 0.2) is 11.9 Å². The van der Waals surface area contributed by atoms with Crippen LogP contribution in [0.15, 0.2) is 4.99 Å². The first-order valence-electron chi connectivity index (χ1n) is 4.86. The molecular formula is C8H18N6O. The lowest BCUT2D eigenvalue weighted by Gasteiger charge is -2.26. The van der Waals surface area contributed by atoms with Gasteiger partial charge in [0.2, 0.25) is 0 Å². The highest BCUT2D eigenvalue weighted by Crippen LogP contribution is 2.05. The normalized spacial score (nSPS) is 24.6. The minimum absolute atomic E-state index is 0.0195. The Hall–Kier alpha value is -1.34. The number of rotatable bonds is 2. The first-order chi connectivity index (χ1) is 7.09. The second-order valence-electron chi connectivity index (χ2n) is 3.41. The van der Waals surface area contributed by atoms with Gasteiger partial charge in [-0.25, -0.2) is 4.99 Å². The van der Waals surface area contributed by atoms with E-state index in [4.69, 9.17) is 21.6 Å². The predicted molar refractivity (Wildman–Crippen MR) is 58.7 cm³/mol. The lowest BCUT2D eigenvalue weighted by atomic mass is 10.2. The van der Waals surface area contributed by atoms with Crippen molar-refractivity contribution >= 4 is 11.9 Å². The molecule has 15 heavy (non-hydrogen) atoms. The van der Waals surface area contributed by atoms with Crippen LogP contribution < -0.4 is 22.1 Å². The zero-order valence-electron chi connectivity index (χ0n) is 8.79. The average molecular weight is 214 g/mol. The smallest absolute Gasteiger partial charge is 0.195 e. The summed E-state index contributed by atoms with van der Waals surface area (Å²) < 4.78 is 5.51. The average Bonchev–Trinajstić information content (AvgIpc) is 2.17. The first kappa shape index (κ1) is 11.7. The van der Waals surface area contributed by atoms with Crippen molar-refractivity contribution in [1.29, 1.82) is 5.41 Å². The second-order valence-corrected chi connectivity index (χ2v) is 3.41. The number of ether oxygens (including phenoxy) is 1. The van der Waals surface area contributed by atoms with Crippen LogP contribution in [0.4, 0.5) is 0 Å². The maximum absolute atomic E-state index is 6.98. The Morgan fingerprint density at radius 1 is 1.67 bits per heavy atom. The molecule has 2 unspecified atom stereocenters. The molecule has 1 fully saturated rings. The predicted octanol–water partition coefficient (Wildman–Crippen LogP) is -1.84. The summed E-state index contributed by atoms with van der Waals surface area (Å²) in [5.41, 5.74) is 10.6. The van der Waals surface area contributed by atoms with E-state index in [-0.39, 0.29) is 24.1 Å². The summed E-state index contributed by atoms with van der Waals surface area (Å²) >= 11 is 0. The summed E-state index contributed by atoms with van der Waals surface area (Å²) in [7, 11) is 0. The fourth-order valence-corrected chi connectivity index (χ4v) is 1.37. The molecule has 0 saturated carbocycles. The van der Waals surface area contributed by atoms with Gasteiger partial charge in [-0.3, -0.25) is 10.7 Å². The lowest BCUT2D eigenvalue weighted by Crippen LogP contribution is -2.46. The van der Waals surface area contributed by atoms with Crippen LogP contribution in [0.3, 0.4) is 0 Å². The van der Waals surface area contributed by atoms with E-state index in [1.165, 1.54) is 0 Å². The summed E-state index contributed by atoms with van der Waals surface area (Å²) in [4.78, 5) is 4.14. The molecule has 7 heteroatoms. The van der Waals surface area contributed by atoms with Crippen molar-refractivity contribution in [3.05, 3.63) is 0 Å². The molecule has 1 heterocycles. The molecule has 0 spiro atoms. The van der Waals surface area contributed by atoms with Gasteiger partial charge in [0.05, 0.1) is 18.8 Å². The van der Waals surface area contributed by atoms with Crippen molar-refractivity contribution in [1.82, 2.24) is 10.6 Å². The Morgan fingerprint density at radius 3 is 2.93 bits per heavy atom. The monoisotopic (exact) mass is 214 g/mol. The molecule has 7 N–H and O–H groups in total. The van der Waals surface area contributed by atoms with E-state index < -0.39 is 0 Å². The van der Waals surface area contributed by atoms with Crippen LogP contribution in [0.5, 0.6) is 0 Å². The number of hydrogen-bond acceptors (Lipinski definition) is 4. The van der Waals surface area contributed by atoms with Gasteiger partial charge in [-0.1, -0.05) is 0 Å². The molecule has 1 aliphatic rings. The molecule has 1 rings (SSSR count). The lowest BCUT2D eigenvalue weighted by molar-refractivity contribution is 0.0167. The van der Waals surface area contributed by atoms with Gasteiger partial charge in [0, 0.05) is 13.1 Å². The minimum Gasteiger partial charge on any atom is -0.373 e. The van der Waals surface area contributed by atoms with E-state index >= 15 is 0 Å². The number of aliphatic imine (C=N–C) groups is 1. The summed E-state index contributed by atoms with van der Waals surface area (Å²) in [6.45, 7) is 4.23. The molecule has 0 aromatic heterocycles. The number of morpholine rings is 1. The quantitative estimate of drug-likeness (QED) is 0.273. The van der Waals surface area contributed by atoms with Gasteiger partial charge >= 0.3 is 0 Å². The van der Waals surface area contributed by atoms with E-state index in [1.54, 1.807) is 0 Å². The van der Waals surface area contributed by atoms with Crippen LogP contribution in [0, 0.1) is 5.41 Å². The fourth-order valence-electron chi connectivity index (χ4n) is 1.37. The second kappa shape index (κ2) is 5.52. The number of hydrogen-bond donors (Lipinski definition) is 5. The molecule has 0 aromatic carbocycles. The molecule has 1 aliphatic heterocycles. The first-order valence-corrected chi connectivity index (χ1v) is 4.86. The van der Waals surface area contributed by atoms with Crippen molar-refractivity contribution in [2.45, 2.75) is 19.1 Å². The van der Waals surface area contributed by atoms with E-state index in [2.05, 4.69) is 15.6 Å². The number of guanidine groups is 2. The molecule has 0 amide bonds. The Bertz CT molecular complexity index is 248. The molecule has 86 valence electrons. The highest BCUT2D eigenvalue weighted by Gasteiger charge is 2.20. The van der Waals surface area contributed by atoms with Crippen LogP contribution in [0.2, 0.25) is 0 Å². The third-order valence-corrected chi connectivity index (χ3v) is 2.10. The molecule has 0 aliphatic carbocycles. The maximum atomic E-state index is 6.98. The Morgan fingerprint density at radius 2 is 2.40 bits per heavy atom. The van der Waals surface area contributed by atoms with Gasteiger partial charge in [-0.2, -0.15) is 0 Å². The third kappa shape index (κ3) is 4.13. The van der Waals surface area contributed by atoms with Crippen molar-refractivity contribution in [3.8, 4) is 0 Å². The molecule has 7 nitrogen and oxygen atoms in total. The largest absolute Gasteiger partial charge is 0.373 e. The van der Waals surface area contributed by atoms with Gasteiger partial charge in [-0.15, -0.1) is 0 Å². The molecule has 2 atom stereocenters. The minimum atomic E-state index is -0.217. The molecule has 0 aromatic rings. The van der Waals surface area contributed by atoms with E-state index in [9.17, 15) is 0 Å². The SMILES string of the molecule is CC(N=C(N)NC(=N)N)C1CNCCO1. The van der Waals surface area contributed by atoms with Crippen LogP contribution in [-0.2, 0) is 4.74 Å². The summed E-state index contributed by atoms with van der Waals surface area (Å²) in [6, 6.07) is -0.0651. The maximum Gasteiger partial charge on any atom is 0.195 e. The van der Waals surface area contributed by atoms with Crippen LogP contribution in [0.25, 0.3) is 0 Å². The Balaban J connectivity index is 2.44. The van der Waals surface area contributed by atoms with Crippen LogP contribution >= 0.6 is 0 Å². The van der Waals surface area contributed by atoms with Gasteiger partial charge in [0.25, 0.3) is 0 Å². The molecule has 1 saturated heterocycles. The number of nitrogens with zero attached hydrogens (tertiary/aromatic N) is 1. The fraction of sp³-hybridized carbons (Fsp3) is 0.750. The summed E-state index contributed by atoms with van der Waals surface area (Å²) in [5.74, 6) is -0.0738. The molecule has 0 bridgehead atoms. The summed E-state index contributed by atoms with van der Waals surface area (Å²) in [6.07, 6.45) is 0.0195. The van der Waals surface area contributed by atoms with Crippen molar-refractivity contribution in [2.24, 2.45) is 16.5 Å². The third-order valence-electron chi connectivity index (χ3n) is 2.10. The van der Waals surface area contributed by atoms with Crippen molar-refractivity contribution in [2.75, 3.05) is 19.7 Å². The standard InChI is InChI=1S/C8H18N6O/c1-5(6-4-12-2-3-15-6)13-8(11)14-7(9)10/h5-6,12H,2-4H2,1H3,(H6,9,10,11,13,14).